The van der Waals surface area contributed by atoms with Crippen molar-refractivity contribution in [3.8, 4) is 0 Å². The number of aliphatic carboxylic acids is 1. The van der Waals surface area contributed by atoms with Crippen LogP contribution in [0.3, 0.4) is 0 Å². The summed E-state index contributed by atoms with van der Waals surface area (Å²) >= 11 is 0. The van der Waals surface area contributed by atoms with Crippen LogP contribution >= 0.6 is 0 Å². The van der Waals surface area contributed by atoms with Crippen molar-refractivity contribution in [3.63, 3.8) is 0 Å². The van der Waals surface area contributed by atoms with Crippen LogP contribution in [0.4, 0.5) is 18.9 Å². The van der Waals surface area contributed by atoms with Gasteiger partial charge in [0, 0.05) is 5.69 Å². The number of carbonyl (C=O) groups excluding carboxylic acids is 1. The number of rotatable bonds is 3. The summed E-state index contributed by atoms with van der Waals surface area (Å²) in [6, 6.07) is 4.38. The van der Waals surface area contributed by atoms with Crippen LogP contribution in [0.1, 0.15) is 32.3 Å². The van der Waals surface area contributed by atoms with Crippen LogP contribution in [-0.2, 0) is 15.8 Å². The highest BCUT2D eigenvalue weighted by Gasteiger charge is 2.57. The van der Waals surface area contributed by atoms with Gasteiger partial charge in [-0.25, -0.2) is 0 Å². The van der Waals surface area contributed by atoms with E-state index in [1.807, 2.05) is 13.8 Å². The number of allylic oxidation sites excluding steroid dienone is 2. The zero-order chi connectivity index (χ0) is 19.2. The minimum Gasteiger partial charge on any atom is -0.481 e. The van der Waals surface area contributed by atoms with E-state index in [1.54, 1.807) is 0 Å². The summed E-state index contributed by atoms with van der Waals surface area (Å²) in [7, 11) is 0. The van der Waals surface area contributed by atoms with Crippen LogP contribution in [0.2, 0.25) is 0 Å². The molecule has 2 bridgehead atoms. The molecule has 3 rings (SSSR count). The highest BCUT2D eigenvalue weighted by molar-refractivity contribution is 5.96. The van der Waals surface area contributed by atoms with E-state index in [4.69, 9.17) is 0 Å². The van der Waals surface area contributed by atoms with Gasteiger partial charge < -0.3 is 10.4 Å². The predicted molar refractivity (Wildman–Crippen MR) is 89.3 cm³/mol. The fourth-order valence-corrected chi connectivity index (χ4v) is 4.60. The first kappa shape index (κ1) is 18.5. The summed E-state index contributed by atoms with van der Waals surface area (Å²) in [5, 5.41) is 12.1. The Bertz CT molecular complexity index is 780. The Labute approximate surface area is 149 Å². The molecule has 2 fully saturated rings. The first-order chi connectivity index (χ1) is 12.1. The van der Waals surface area contributed by atoms with E-state index < -0.39 is 35.5 Å². The third-order valence-electron chi connectivity index (χ3n) is 5.46. The van der Waals surface area contributed by atoms with Gasteiger partial charge in [0.15, 0.2) is 0 Å². The number of halogens is 3. The van der Waals surface area contributed by atoms with Crippen molar-refractivity contribution >= 4 is 17.6 Å². The number of hydrogen-bond donors (Lipinski definition) is 2. The number of carboxylic acid groups (broad SMARTS) is 1. The Morgan fingerprint density at radius 1 is 1.12 bits per heavy atom. The molecule has 0 aliphatic heterocycles. The highest BCUT2D eigenvalue weighted by Crippen LogP contribution is 2.57. The van der Waals surface area contributed by atoms with Crippen molar-refractivity contribution in [2.75, 3.05) is 5.32 Å². The maximum absolute atomic E-state index is 12.8. The summed E-state index contributed by atoms with van der Waals surface area (Å²) in [5.41, 5.74) is 1.22. The van der Waals surface area contributed by atoms with Gasteiger partial charge in [-0.15, -0.1) is 0 Å². The summed E-state index contributed by atoms with van der Waals surface area (Å²) in [4.78, 5) is 24.5. The number of hydrogen-bond acceptors (Lipinski definition) is 2. The number of carbonyl (C=O) groups is 2. The van der Waals surface area contributed by atoms with Crippen molar-refractivity contribution in [3.05, 3.63) is 41.0 Å². The first-order valence-electron chi connectivity index (χ1n) is 8.49. The first-order valence-corrected chi connectivity index (χ1v) is 8.49. The van der Waals surface area contributed by atoms with E-state index in [2.05, 4.69) is 5.32 Å². The molecular formula is C19H20F3NO3. The Kier molecular flexibility index (Phi) is 4.58. The lowest BCUT2D eigenvalue weighted by molar-refractivity contribution is -0.148. The molecule has 1 amide bonds. The number of nitrogens with one attached hydrogen (secondary N) is 1. The summed E-state index contributed by atoms with van der Waals surface area (Å²) in [6.07, 6.45) is -3.04. The van der Waals surface area contributed by atoms with Gasteiger partial charge in [0.25, 0.3) is 0 Å². The van der Waals surface area contributed by atoms with Crippen molar-refractivity contribution in [2.24, 2.45) is 23.7 Å². The molecule has 4 nitrogen and oxygen atoms in total. The second kappa shape index (κ2) is 6.45. The Morgan fingerprint density at radius 3 is 2.27 bits per heavy atom. The van der Waals surface area contributed by atoms with Crippen molar-refractivity contribution in [2.45, 2.75) is 32.9 Å². The maximum atomic E-state index is 12.8. The predicted octanol–water partition coefficient (Wildman–Crippen LogP) is 4.34. The molecule has 0 radical (unpaired) electrons. The summed E-state index contributed by atoms with van der Waals surface area (Å²) < 4.78 is 38.5. The van der Waals surface area contributed by atoms with E-state index in [9.17, 15) is 27.9 Å². The SMILES string of the molecule is CC(C)=C1[C@H]2CC[C@@H]1[C@@H](C(=O)Nc1cccc(C(F)(F)F)c1)[C@@H]2C(=O)O. The van der Waals surface area contributed by atoms with Gasteiger partial charge in [0.05, 0.1) is 17.4 Å². The monoisotopic (exact) mass is 367 g/mol. The van der Waals surface area contributed by atoms with Gasteiger partial charge >= 0.3 is 12.1 Å². The van der Waals surface area contributed by atoms with Gasteiger partial charge in [-0.1, -0.05) is 17.2 Å². The standard InChI is InChI=1S/C19H20F3NO3/c1-9(2)14-12-6-7-13(14)16(18(25)26)15(12)17(24)23-11-5-3-4-10(8-11)19(20,21)22/h3-5,8,12-13,15-16H,6-7H2,1-2H3,(H,23,24)(H,25,26)/t12-,13+,15+,16+/m0/s1. The quantitative estimate of drug-likeness (QED) is 0.781. The molecule has 1 aromatic rings. The molecule has 2 aliphatic carbocycles. The Balaban J connectivity index is 1.88. The number of fused-ring (bicyclic) bond motifs is 2. The number of carboxylic acids is 1. The average Bonchev–Trinajstić information content (AvgIpc) is 3.10. The van der Waals surface area contributed by atoms with Crippen molar-refractivity contribution in [1.82, 2.24) is 0 Å². The van der Waals surface area contributed by atoms with E-state index in [-0.39, 0.29) is 17.5 Å². The molecule has 2 aliphatic rings. The second-order valence-electron chi connectivity index (χ2n) is 7.20. The Morgan fingerprint density at radius 2 is 1.73 bits per heavy atom. The fraction of sp³-hybridized carbons (Fsp3) is 0.474. The van der Waals surface area contributed by atoms with Gasteiger partial charge in [0.1, 0.15) is 0 Å². The van der Waals surface area contributed by atoms with Crippen LogP contribution in [0.25, 0.3) is 0 Å². The van der Waals surface area contributed by atoms with E-state index in [1.165, 1.54) is 12.1 Å². The summed E-state index contributed by atoms with van der Waals surface area (Å²) in [6.45, 7) is 3.82. The molecule has 26 heavy (non-hydrogen) atoms. The zero-order valence-corrected chi connectivity index (χ0v) is 14.4. The second-order valence-corrected chi connectivity index (χ2v) is 7.20. The zero-order valence-electron chi connectivity index (χ0n) is 14.4. The van der Waals surface area contributed by atoms with Gasteiger partial charge in [-0.05, 0) is 56.7 Å². The van der Waals surface area contributed by atoms with Gasteiger partial charge in [0.2, 0.25) is 5.91 Å². The third-order valence-corrected chi connectivity index (χ3v) is 5.46. The van der Waals surface area contributed by atoms with Crippen molar-refractivity contribution < 1.29 is 27.9 Å². The molecule has 0 unspecified atom stereocenters. The van der Waals surface area contributed by atoms with Crippen LogP contribution in [0, 0.1) is 23.7 Å². The number of alkyl halides is 3. The lowest BCUT2D eigenvalue weighted by Crippen LogP contribution is -2.37. The molecule has 1 aromatic carbocycles. The molecule has 0 saturated heterocycles. The minimum absolute atomic E-state index is 0.0236. The van der Waals surface area contributed by atoms with Gasteiger partial charge in [-0.3, -0.25) is 9.59 Å². The molecule has 140 valence electrons. The molecule has 7 heteroatoms. The smallest absolute Gasteiger partial charge is 0.416 e. The van der Waals surface area contributed by atoms with Crippen molar-refractivity contribution in [1.29, 1.82) is 0 Å². The molecule has 2 saturated carbocycles. The average molecular weight is 367 g/mol. The fourth-order valence-electron chi connectivity index (χ4n) is 4.60. The highest BCUT2D eigenvalue weighted by atomic mass is 19.4. The topological polar surface area (TPSA) is 66.4 Å². The van der Waals surface area contributed by atoms with E-state index in [0.29, 0.717) is 0 Å². The number of anilines is 1. The Hall–Kier alpha value is -2.31. The molecular weight excluding hydrogens is 347 g/mol. The third kappa shape index (κ3) is 3.10. The molecule has 4 atom stereocenters. The maximum Gasteiger partial charge on any atom is 0.416 e. The lowest BCUT2D eigenvalue weighted by Gasteiger charge is -2.26. The van der Waals surface area contributed by atoms with E-state index in [0.717, 1.165) is 36.1 Å². The molecule has 0 heterocycles. The number of amides is 1. The lowest BCUT2D eigenvalue weighted by atomic mass is 9.78. The minimum atomic E-state index is -4.51. The van der Waals surface area contributed by atoms with E-state index >= 15 is 0 Å². The normalized spacial score (nSPS) is 27.5. The summed E-state index contributed by atoms with van der Waals surface area (Å²) in [5.74, 6) is -3.46. The molecule has 2 N–H and O–H groups in total. The molecule has 0 spiro atoms. The molecule has 0 aromatic heterocycles. The van der Waals surface area contributed by atoms with Crippen LogP contribution in [-0.4, -0.2) is 17.0 Å². The van der Waals surface area contributed by atoms with Crippen LogP contribution in [0.5, 0.6) is 0 Å². The van der Waals surface area contributed by atoms with Gasteiger partial charge in [-0.2, -0.15) is 13.2 Å². The largest absolute Gasteiger partial charge is 0.481 e. The number of benzene rings is 1. The van der Waals surface area contributed by atoms with Crippen LogP contribution in [0.15, 0.2) is 35.4 Å². The van der Waals surface area contributed by atoms with Crippen LogP contribution < -0.4 is 5.32 Å².